The van der Waals surface area contributed by atoms with E-state index in [1.54, 1.807) is 30.8 Å². The van der Waals surface area contributed by atoms with Crippen LogP contribution >= 0.6 is 0 Å². The van der Waals surface area contributed by atoms with Crippen LogP contribution in [0.3, 0.4) is 0 Å². The second-order valence-electron chi connectivity index (χ2n) is 8.63. The van der Waals surface area contributed by atoms with Crippen LogP contribution in [0.15, 0.2) is 41.3 Å². The number of amides is 1. The monoisotopic (exact) mass is 482 g/mol. The zero-order valence-corrected chi connectivity index (χ0v) is 20.1. The predicted molar refractivity (Wildman–Crippen MR) is 124 cm³/mol. The summed E-state index contributed by atoms with van der Waals surface area (Å²) in [6.45, 7) is 4.64. The molecule has 1 N–H and O–H groups in total. The first-order valence-electron chi connectivity index (χ1n) is 11.0. The van der Waals surface area contributed by atoms with Gasteiger partial charge in [0, 0.05) is 44.4 Å². The van der Waals surface area contributed by atoms with E-state index in [0.29, 0.717) is 40.5 Å². The number of hydrogen-bond donors (Lipinski definition) is 1. The van der Waals surface area contributed by atoms with Crippen molar-refractivity contribution in [3.63, 3.8) is 0 Å². The number of carbonyl (C=O) groups is 1. The number of hydrogen-bond acceptors (Lipinski definition) is 6. The van der Waals surface area contributed by atoms with Crippen LogP contribution in [0, 0.1) is 13.8 Å². The number of benzene rings is 2. The van der Waals surface area contributed by atoms with E-state index in [2.05, 4.69) is 10.4 Å². The van der Waals surface area contributed by atoms with Crippen LogP contribution in [0.1, 0.15) is 38.4 Å². The summed E-state index contributed by atoms with van der Waals surface area (Å²) in [7, 11) is -1.93. The molecule has 3 heterocycles. The fourth-order valence-electron chi connectivity index (χ4n) is 4.50. The molecule has 5 rings (SSSR count). The maximum absolute atomic E-state index is 13.4. The van der Waals surface area contributed by atoms with Crippen LogP contribution in [0.5, 0.6) is 11.5 Å². The van der Waals surface area contributed by atoms with Crippen LogP contribution in [-0.4, -0.2) is 41.7 Å². The fourth-order valence-corrected chi connectivity index (χ4v) is 6.11. The van der Waals surface area contributed by atoms with Gasteiger partial charge in [-0.25, -0.2) is 8.42 Å². The van der Waals surface area contributed by atoms with Gasteiger partial charge < -0.3 is 14.8 Å². The molecule has 178 valence electrons. The third kappa shape index (κ3) is 3.92. The van der Waals surface area contributed by atoms with Crippen molar-refractivity contribution < 1.29 is 22.7 Å². The number of nitrogens with zero attached hydrogens (tertiary/aromatic N) is 3. The number of carbonyl (C=O) groups excluding carboxylic acids is 1. The Hall–Kier alpha value is -3.37. The Bertz CT molecular complexity index is 1400. The Morgan fingerprint density at radius 2 is 1.91 bits per heavy atom. The van der Waals surface area contributed by atoms with Gasteiger partial charge in [-0.15, -0.1) is 0 Å². The molecule has 0 spiro atoms. The van der Waals surface area contributed by atoms with Crippen LogP contribution in [0.4, 0.5) is 0 Å². The van der Waals surface area contributed by atoms with Crippen molar-refractivity contribution in [2.24, 2.45) is 7.05 Å². The summed E-state index contributed by atoms with van der Waals surface area (Å²) < 4.78 is 40.6. The first kappa shape index (κ1) is 22.4. The number of fused-ring (bicyclic) bond motifs is 2. The lowest BCUT2D eigenvalue weighted by Crippen LogP contribution is -2.37. The summed E-state index contributed by atoms with van der Waals surface area (Å²) in [6.07, 6.45) is 0.485. The van der Waals surface area contributed by atoms with E-state index in [1.165, 1.54) is 4.31 Å². The number of ether oxygens (including phenoxy) is 2. The average molecular weight is 483 g/mol. The lowest BCUT2D eigenvalue weighted by Gasteiger charge is -2.27. The lowest BCUT2D eigenvalue weighted by molar-refractivity contribution is 0.0943. The number of rotatable bonds is 5. The van der Waals surface area contributed by atoms with Crippen LogP contribution in [-0.2, 0) is 36.6 Å². The topological polar surface area (TPSA) is 103 Å². The highest BCUT2D eigenvalue weighted by atomic mass is 32.2. The standard InChI is InChI=1S/C24H26N4O5S/c1-15-4-7-22(16(2)10-15)34(30,31)28-9-8-19-18(13-28)23(26-27(19)3)24(29)25-12-17-5-6-20-21(11-17)33-14-32-20/h4-7,10-11H,8-9,12-14H2,1-3H3,(H,25,29). The van der Waals surface area contributed by atoms with Crippen molar-refractivity contribution in [3.05, 3.63) is 70.0 Å². The fraction of sp³-hybridized carbons (Fsp3) is 0.333. The van der Waals surface area contributed by atoms with Crippen molar-refractivity contribution in [3.8, 4) is 11.5 Å². The van der Waals surface area contributed by atoms with Crippen molar-refractivity contribution in [2.75, 3.05) is 13.3 Å². The third-order valence-electron chi connectivity index (χ3n) is 6.26. The van der Waals surface area contributed by atoms with Crippen molar-refractivity contribution in [2.45, 2.75) is 38.3 Å². The molecule has 9 nitrogen and oxygen atoms in total. The molecule has 10 heteroatoms. The second-order valence-corrected chi connectivity index (χ2v) is 10.5. The molecule has 1 amide bonds. The van der Waals surface area contributed by atoms with Gasteiger partial charge >= 0.3 is 0 Å². The van der Waals surface area contributed by atoms with E-state index in [9.17, 15) is 13.2 Å². The largest absolute Gasteiger partial charge is 0.454 e. The predicted octanol–water partition coefficient (Wildman–Crippen LogP) is 2.44. The van der Waals surface area contributed by atoms with Crippen molar-refractivity contribution >= 4 is 15.9 Å². The Kier molecular flexibility index (Phi) is 5.57. The molecule has 0 aliphatic carbocycles. The SMILES string of the molecule is Cc1ccc(S(=O)(=O)N2CCc3c(c(C(=O)NCc4ccc5c(c4)OCO5)nn3C)C2)c(C)c1. The smallest absolute Gasteiger partial charge is 0.272 e. The molecule has 0 saturated carbocycles. The van der Waals surface area contributed by atoms with Gasteiger partial charge in [-0.1, -0.05) is 23.8 Å². The average Bonchev–Trinajstić information content (AvgIpc) is 3.41. The molecule has 1 aromatic heterocycles. The van der Waals surface area contributed by atoms with Crippen LogP contribution in [0.2, 0.25) is 0 Å². The molecule has 0 bridgehead atoms. The van der Waals surface area contributed by atoms with Gasteiger partial charge in [0.2, 0.25) is 16.8 Å². The van der Waals surface area contributed by atoms with Crippen molar-refractivity contribution in [1.29, 1.82) is 0 Å². The zero-order chi connectivity index (χ0) is 24.0. The summed E-state index contributed by atoms with van der Waals surface area (Å²) in [4.78, 5) is 13.3. The summed E-state index contributed by atoms with van der Waals surface area (Å²) in [5.74, 6) is 0.980. The molecule has 0 radical (unpaired) electrons. The van der Waals surface area contributed by atoms with Gasteiger partial charge in [-0.05, 0) is 43.2 Å². The van der Waals surface area contributed by atoms with E-state index in [4.69, 9.17) is 9.47 Å². The molecule has 0 atom stereocenters. The Morgan fingerprint density at radius 3 is 2.71 bits per heavy atom. The Morgan fingerprint density at radius 1 is 1.12 bits per heavy atom. The minimum atomic E-state index is -3.71. The number of aromatic nitrogens is 2. The molecule has 34 heavy (non-hydrogen) atoms. The lowest BCUT2D eigenvalue weighted by atomic mass is 10.1. The maximum Gasteiger partial charge on any atom is 0.272 e. The minimum Gasteiger partial charge on any atom is -0.454 e. The van der Waals surface area contributed by atoms with E-state index < -0.39 is 10.0 Å². The van der Waals surface area contributed by atoms with Gasteiger partial charge in [0.05, 0.1) is 4.90 Å². The van der Waals surface area contributed by atoms with Crippen LogP contribution in [0.25, 0.3) is 0 Å². The summed E-state index contributed by atoms with van der Waals surface area (Å²) in [6, 6.07) is 10.8. The number of nitrogens with one attached hydrogen (secondary N) is 1. The van der Waals surface area contributed by atoms with Crippen molar-refractivity contribution in [1.82, 2.24) is 19.4 Å². The minimum absolute atomic E-state index is 0.103. The van der Waals surface area contributed by atoms with Gasteiger partial charge in [0.25, 0.3) is 5.91 Å². The molecular formula is C24H26N4O5S. The summed E-state index contributed by atoms with van der Waals surface area (Å²) in [5.41, 5.74) is 4.34. The van der Waals surface area contributed by atoms with Gasteiger partial charge in [-0.3, -0.25) is 9.48 Å². The van der Waals surface area contributed by atoms with Gasteiger partial charge in [0.1, 0.15) is 0 Å². The number of aryl methyl sites for hydroxylation is 3. The highest BCUT2D eigenvalue weighted by molar-refractivity contribution is 7.89. The van der Waals surface area contributed by atoms with Gasteiger partial charge in [0.15, 0.2) is 17.2 Å². The Balaban J connectivity index is 1.36. The van der Waals surface area contributed by atoms with E-state index in [1.807, 2.05) is 31.2 Å². The van der Waals surface area contributed by atoms with Crippen LogP contribution < -0.4 is 14.8 Å². The number of sulfonamides is 1. The highest BCUT2D eigenvalue weighted by Gasteiger charge is 2.34. The molecule has 0 saturated heterocycles. The molecular weight excluding hydrogens is 456 g/mol. The normalized spacial score (nSPS) is 15.3. The maximum atomic E-state index is 13.4. The first-order valence-corrected chi connectivity index (χ1v) is 12.5. The quantitative estimate of drug-likeness (QED) is 0.599. The first-order chi connectivity index (χ1) is 16.2. The molecule has 2 aliphatic heterocycles. The molecule has 0 unspecified atom stereocenters. The van der Waals surface area contributed by atoms with E-state index >= 15 is 0 Å². The Labute approximate surface area is 198 Å². The molecule has 0 fully saturated rings. The molecule has 2 aromatic carbocycles. The zero-order valence-electron chi connectivity index (χ0n) is 19.3. The third-order valence-corrected chi connectivity index (χ3v) is 8.27. The molecule has 2 aliphatic rings. The van der Waals surface area contributed by atoms with Gasteiger partial charge in [-0.2, -0.15) is 9.40 Å². The second kappa shape index (κ2) is 8.44. The molecule has 3 aromatic rings. The summed E-state index contributed by atoms with van der Waals surface area (Å²) >= 11 is 0. The van der Waals surface area contributed by atoms with E-state index in [-0.39, 0.29) is 31.5 Å². The summed E-state index contributed by atoms with van der Waals surface area (Å²) in [5, 5.41) is 7.31. The highest BCUT2D eigenvalue weighted by Crippen LogP contribution is 2.32. The van der Waals surface area contributed by atoms with E-state index in [0.717, 1.165) is 16.8 Å².